The molecule has 23 heavy (non-hydrogen) atoms. The van der Waals surface area contributed by atoms with Crippen molar-refractivity contribution < 1.29 is 8.42 Å². The first-order chi connectivity index (χ1) is 10.8. The smallest absolute Gasteiger partial charge is 0.217 e. The fourth-order valence-electron chi connectivity index (χ4n) is 2.02. The second kappa shape index (κ2) is 7.25. The van der Waals surface area contributed by atoms with Crippen LogP contribution in [-0.2, 0) is 15.8 Å². The second-order valence-electron chi connectivity index (χ2n) is 5.22. The fraction of sp³-hybridized carbons (Fsp3) is 0.188. The number of sulfonamides is 1. The van der Waals surface area contributed by atoms with Crippen LogP contribution in [-0.4, -0.2) is 32.5 Å². The van der Waals surface area contributed by atoms with E-state index in [9.17, 15) is 8.42 Å². The van der Waals surface area contributed by atoms with Crippen molar-refractivity contribution in [1.82, 2.24) is 4.31 Å². The van der Waals surface area contributed by atoms with Crippen molar-refractivity contribution in [3.63, 3.8) is 0 Å². The van der Waals surface area contributed by atoms with Gasteiger partial charge < -0.3 is 5.84 Å². The van der Waals surface area contributed by atoms with Gasteiger partial charge in [-0.05, 0) is 17.7 Å². The third-order valence-electron chi connectivity index (χ3n) is 3.38. The zero-order valence-electron chi connectivity index (χ0n) is 12.9. The molecule has 0 fully saturated rings. The minimum Gasteiger partial charge on any atom is -0.323 e. The van der Waals surface area contributed by atoms with E-state index in [1.165, 1.54) is 18.4 Å². The van der Waals surface area contributed by atoms with E-state index in [0.29, 0.717) is 5.71 Å². The molecule has 2 N–H and O–H groups in total. The van der Waals surface area contributed by atoms with Crippen molar-refractivity contribution in [3.8, 4) is 0 Å². The van der Waals surface area contributed by atoms with Crippen LogP contribution in [0.15, 0.2) is 58.1 Å². The highest BCUT2D eigenvalue weighted by Crippen LogP contribution is 2.16. The van der Waals surface area contributed by atoms with Crippen LogP contribution in [0.1, 0.15) is 16.7 Å². The van der Waals surface area contributed by atoms with Gasteiger partial charge in [-0.15, -0.1) is 0 Å². The lowest BCUT2D eigenvalue weighted by molar-refractivity contribution is 0.520. The number of rotatable bonds is 5. The molecule has 0 aliphatic heterocycles. The van der Waals surface area contributed by atoms with Gasteiger partial charge in [-0.3, -0.25) is 0 Å². The van der Waals surface area contributed by atoms with Crippen LogP contribution in [0.3, 0.4) is 0 Å². The maximum atomic E-state index is 11.9. The fourth-order valence-corrected chi connectivity index (χ4v) is 3.16. The van der Waals surface area contributed by atoms with E-state index in [4.69, 9.17) is 5.84 Å². The standard InChI is InChI=1S/C16H18BrN3O2S/c1-20(2)23(21,22)11-12-3-5-13(6-4-12)16(19-18)14-7-9-15(17)10-8-14/h3-10H,11,18H2,1-2H3. The van der Waals surface area contributed by atoms with Gasteiger partial charge in [0.25, 0.3) is 0 Å². The lowest BCUT2D eigenvalue weighted by atomic mass is 10.0. The number of benzene rings is 2. The summed E-state index contributed by atoms with van der Waals surface area (Å²) in [5, 5.41) is 3.87. The number of nitrogens with zero attached hydrogens (tertiary/aromatic N) is 2. The molecule has 0 aliphatic carbocycles. The van der Waals surface area contributed by atoms with Crippen molar-refractivity contribution >= 4 is 31.7 Å². The molecule has 0 aliphatic rings. The molecular weight excluding hydrogens is 378 g/mol. The molecule has 0 heterocycles. The molecule has 2 aromatic rings. The number of hydrazone groups is 1. The molecule has 2 rings (SSSR count). The van der Waals surface area contributed by atoms with Gasteiger partial charge in [0.1, 0.15) is 0 Å². The van der Waals surface area contributed by atoms with Crippen LogP contribution in [0.4, 0.5) is 0 Å². The number of halogens is 1. The summed E-state index contributed by atoms with van der Waals surface area (Å²) >= 11 is 3.39. The molecule has 2 aromatic carbocycles. The highest BCUT2D eigenvalue weighted by Gasteiger charge is 2.15. The Morgan fingerprint density at radius 2 is 1.52 bits per heavy atom. The van der Waals surface area contributed by atoms with Crippen LogP contribution >= 0.6 is 15.9 Å². The Kier molecular flexibility index (Phi) is 5.56. The van der Waals surface area contributed by atoms with Crippen LogP contribution in [0.2, 0.25) is 0 Å². The van der Waals surface area contributed by atoms with Gasteiger partial charge in [-0.2, -0.15) is 5.10 Å². The van der Waals surface area contributed by atoms with E-state index in [2.05, 4.69) is 21.0 Å². The molecule has 0 unspecified atom stereocenters. The van der Waals surface area contributed by atoms with Gasteiger partial charge >= 0.3 is 0 Å². The molecule has 7 heteroatoms. The largest absolute Gasteiger partial charge is 0.323 e. The molecule has 122 valence electrons. The molecule has 0 saturated heterocycles. The second-order valence-corrected chi connectivity index (χ2v) is 8.32. The quantitative estimate of drug-likeness (QED) is 0.480. The van der Waals surface area contributed by atoms with Gasteiger partial charge in [-0.1, -0.05) is 52.3 Å². The first kappa shape index (κ1) is 17.7. The lowest BCUT2D eigenvalue weighted by Gasteiger charge is -2.12. The van der Waals surface area contributed by atoms with Gasteiger partial charge in [0.15, 0.2) is 0 Å². The molecule has 0 aromatic heterocycles. The van der Waals surface area contributed by atoms with Crippen LogP contribution in [0, 0.1) is 0 Å². The average molecular weight is 396 g/mol. The van der Waals surface area contributed by atoms with E-state index in [0.717, 1.165) is 21.2 Å². The van der Waals surface area contributed by atoms with E-state index in [1.54, 1.807) is 12.1 Å². The molecule has 0 radical (unpaired) electrons. The van der Waals surface area contributed by atoms with E-state index in [-0.39, 0.29) is 5.75 Å². The minimum atomic E-state index is -3.27. The molecule has 0 amide bonds. The Morgan fingerprint density at radius 3 is 1.96 bits per heavy atom. The first-order valence-corrected chi connectivity index (χ1v) is 9.27. The van der Waals surface area contributed by atoms with Crippen molar-refractivity contribution in [1.29, 1.82) is 0 Å². The van der Waals surface area contributed by atoms with Gasteiger partial charge in [-0.25, -0.2) is 12.7 Å². The zero-order chi connectivity index (χ0) is 17.0. The molecule has 0 bridgehead atoms. The third kappa shape index (κ3) is 4.40. The molecule has 0 saturated carbocycles. The number of hydrogen-bond donors (Lipinski definition) is 1. The van der Waals surface area contributed by atoms with E-state index in [1.807, 2.05) is 36.4 Å². The van der Waals surface area contributed by atoms with Gasteiger partial charge in [0.05, 0.1) is 11.5 Å². The zero-order valence-corrected chi connectivity index (χ0v) is 15.3. The molecular formula is C16H18BrN3O2S. The van der Waals surface area contributed by atoms with Crippen LogP contribution in [0.25, 0.3) is 0 Å². The summed E-state index contributed by atoms with van der Waals surface area (Å²) in [5.41, 5.74) is 3.10. The monoisotopic (exact) mass is 395 g/mol. The third-order valence-corrected chi connectivity index (χ3v) is 5.72. The summed E-state index contributed by atoms with van der Waals surface area (Å²) in [6, 6.07) is 14.9. The Balaban J connectivity index is 2.26. The first-order valence-electron chi connectivity index (χ1n) is 6.87. The minimum absolute atomic E-state index is 0.0341. The van der Waals surface area contributed by atoms with Crippen molar-refractivity contribution in [3.05, 3.63) is 69.7 Å². The average Bonchev–Trinajstić information content (AvgIpc) is 2.51. The molecule has 0 spiro atoms. The van der Waals surface area contributed by atoms with E-state index >= 15 is 0 Å². The Morgan fingerprint density at radius 1 is 1.04 bits per heavy atom. The van der Waals surface area contributed by atoms with Crippen molar-refractivity contribution in [2.45, 2.75) is 5.75 Å². The Bertz CT molecular complexity index is 798. The highest BCUT2D eigenvalue weighted by atomic mass is 79.9. The Labute approximate surface area is 145 Å². The normalized spacial score (nSPS) is 12.6. The van der Waals surface area contributed by atoms with Crippen molar-refractivity contribution in [2.24, 2.45) is 10.9 Å². The summed E-state index contributed by atoms with van der Waals surface area (Å²) in [7, 11) is -0.225. The lowest BCUT2D eigenvalue weighted by Crippen LogP contribution is -2.23. The summed E-state index contributed by atoms with van der Waals surface area (Å²) in [6.07, 6.45) is 0. The highest BCUT2D eigenvalue weighted by molar-refractivity contribution is 9.10. The van der Waals surface area contributed by atoms with Crippen molar-refractivity contribution in [2.75, 3.05) is 14.1 Å². The predicted octanol–water partition coefficient (Wildman–Crippen LogP) is 2.55. The molecule has 0 atom stereocenters. The predicted molar refractivity (Wildman–Crippen MR) is 96.7 cm³/mol. The SMILES string of the molecule is CN(C)S(=O)(=O)Cc1ccc(C(=NN)c2ccc(Br)cc2)cc1. The van der Waals surface area contributed by atoms with E-state index < -0.39 is 10.0 Å². The maximum Gasteiger partial charge on any atom is 0.217 e. The number of nitrogens with two attached hydrogens (primary N) is 1. The Hall–Kier alpha value is -1.70. The molecule has 5 nitrogen and oxygen atoms in total. The van der Waals surface area contributed by atoms with Gasteiger partial charge in [0, 0.05) is 29.7 Å². The summed E-state index contributed by atoms with van der Waals surface area (Å²) < 4.78 is 26.0. The van der Waals surface area contributed by atoms with Crippen LogP contribution < -0.4 is 5.84 Å². The van der Waals surface area contributed by atoms with Gasteiger partial charge in [0.2, 0.25) is 10.0 Å². The summed E-state index contributed by atoms with van der Waals surface area (Å²) in [4.78, 5) is 0. The topological polar surface area (TPSA) is 75.8 Å². The van der Waals surface area contributed by atoms with Crippen LogP contribution in [0.5, 0.6) is 0 Å². The maximum absolute atomic E-state index is 11.9. The summed E-state index contributed by atoms with van der Waals surface area (Å²) in [6.45, 7) is 0. The summed E-state index contributed by atoms with van der Waals surface area (Å²) in [5.74, 6) is 5.49. The number of hydrogen-bond acceptors (Lipinski definition) is 4.